The van der Waals surface area contributed by atoms with E-state index in [1.165, 1.54) is 0 Å². The number of nitrogens with zero attached hydrogens (tertiary/aromatic N) is 3. The predicted octanol–water partition coefficient (Wildman–Crippen LogP) is 4.61. The van der Waals surface area contributed by atoms with E-state index in [0.29, 0.717) is 12.0 Å². The lowest BCUT2D eigenvalue weighted by Gasteiger charge is -2.32. The summed E-state index contributed by atoms with van der Waals surface area (Å²) in [6.07, 6.45) is 5.88. The Morgan fingerprint density at radius 3 is 2.78 bits per heavy atom. The minimum absolute atomic E-state index is 0.305. The summed E-state index contributed by atoms with van der Waals surface area (Å²) in [7, 11) is 1.68. The van der Waals surface area contributed by atoms with Gasteiger partial charge in [0, 0.05) is 59.7 Å². The molecule has 0 atom stereocenters. The van der Waals surface area contributed by atoms with Crippen LogP contribution in [0, 0.1) is 6.92 Å². The van der Waals surface area contributed by atoms with Crippen molar-refractivity contribution in [2.24, 2.45) is 5.73 Å². The number of nitrogens with two attached hydrogens (primary N) is 1. The number of aryl methyl sites for hydroxylation is 1. The molecule has 5 rings (SSSR count). The summed E-state index contributed by atoms with van der Waals surface area (Å²) >= 11 is 0. The molecule has 164 valence electrons. The molecule has 4 aromatic rings. The molecule has 0 unspecified atom stereocenters. The molecule has 4 N–H and O–H groups in total. The van der Waals surface area contributed by atoms with E-state index in [4.69, 9.17) is 15.5 Å². The van der Waals surface area contributed by atoms with E-state index in [1.54, 1.807) is 7.11 Å². The van der Waals surface area contributed by atoms with Gasteiger partial charge in [-0.3, -0.25) is 0 Å². The molecule has 1 fully saturated rings. The van der Waals surface area contributed by atoms with Gasteiger partial charge >= 0.3 is 0 Å². The number of H-pyrrole nitrogens is 1. The molecule has 2 aromatic carbocycles. The SMILES string of the molecule is COc1cc(N2CCC(N)CC2)ccc1Nc1ncc(C)c(-c2c[nH]c3ccccc23)n1. The van der Waals surface area contributed by atoms with E-state index in [-0.39, 0.29) is 0 Å². The average molecular weight is 429 g/mol. The van der Waals surface area contributed by atoms with Crippen LogP contribution >= 0.6 is 0 Å². The van der Waals surface area contributed by atoms with Crippen LogP contribution in [0.4, 0.5) is 17.3 Å². The van der Waals surface area contributed by atoms with Crippen molar-refractivity contribution in [3.63, 3.8) is 0 Å². The predicted molar refractivity (Wildman–Crippen MR) is 130 cm³/mol. The van der Waals surface area contributed by atoms with Gasteiger partial charge in [-0.25, -0.2) is 9.97 Å². The van der Waals surface area contributed by atoms with Crippen LogP contribution in [0.3, 0.4) is 0 Å². The second-order valence-electron chi connectivity index (χ2n) is 8.31. The van der Waals surface area contributed by atoms with Crippen LogP contribution in [0.2, 0.25) is 0 Å². The molecule has 1 aliphatic rings. The summed E-state index contributed by atoms with van der Waals surface area (Å²) in [5, 5.41) is 4.48. The van der Waals surface area contributed by atoms with Gasteiger partial charge in [0.1, 0.15) is 5.75 Å². The normalized spacial score (nSPS) is 14.7. The Hall–Kier alpha value is -3.58. The van der Waals surface area contributed by atoms with Crippen molar-refractivity contribution in [2.45, 2.75) is 25.8 Å². The average Bonchev–Trinajstić information content (AvgIpc) is 3.25. The molecule has 0 bridgehead atoms. The number of aromatic amines is 1. The number of piperidine rings is 1. The van der Waals surface area contributed by atoms with E-state index < -0.39 is 0 Å². The van der Waals surface area contributed by atoms with Gasteiger partial charge in [-0.2, -0.15) is 0 Å². The fourth-order valence-electron chi connectivity index (χ4n) is 4.30. The van der Waals surface area contributed by atoms with Crippen LogP contribution in [0.5, 0.6) is 5.75 Å². The van der Waals surface area contributed by atoms with Crippen LogP contribution in [0.25, 0.3) is 22.2 Å². The minimum Gasteiger partial charge on any atom is -0.494 e. The highest BCUT2D eigenvalue weighted by Gasteiger charge is 2.18. The smallest absolute Gasteiger partial charge is 0.227 e. The molecule has 0 radical (unpaired) electrons. The van der Waals surface area contributed by atoms with Gasteiger partial charge in [0.15, 0.2) is 0 Å². The Labute approximate surface area is 187 Å². The second-order valence-corrected chi connectivity index (χ2v) is 8.31. The maximum atomic E-state index is 6.05. The first-order valence-corrected chi connectivity index (χ1v) is 11.0. The van der Waals surface area contributed by atoms with Crippen molar-refractivity contribution >= 4 is 28.2 Å². The van der Waals surface area contributed by atoms with Crippen molar-refractivity contribution in [3.05, 3.63) is 60.4 Å². The number of rotatable bonds is 5. The van der Waals surface area contributed by atoms with Crippen LogP contribution in [-0.4, -0.2) is 41.2 Å². The summed E-state index contributed by atoms with van der Waals surface area (Å²) < 4.78 is 5.68. The number of hydrogen-bond donors (Lipinski definition) is 3. The van der Waals surface area contributed by atoms with E-state index in [9.17, 15) is 0 Å². The topological polar surface area (TPSA) is 92.1 Å². The monoisotopic (exact) mass is 428 g/mol. The standard InChI is InChI=1S/C25H28N6O/c1-16-14-28-25(30-24(16)20-15-27-21-6-4-3-5-19(20)21)29-22-8-7-18(13-23(22)32-2)31-11-9-17(26)10-12-31/h3-8,13-15,17,27H,9-12,26H2,1-2H3,(H,28,29,30). The van der Waals surface area contributed by atoms with Gasteiger partial charge in [0.25, 0.3) is 0 Å². The number of methoxy groups -OCH3 is 1. The molecule has 2 aromatic heterocycles. The van der Waals surface area contributed by atoms with Gasteiger partial charge in [0.05, 0.1) is 18.5 Å². The maximum Gasteiger partial charge on any atom is 0.227 e. The molecule has 1 saturated heterocycles. The number of anilines is 3. The number of benzene rings is 2. The lowest BCUT2D eigenvalue weighted by Crippen LogP contribution is -2.39. The minimum atomic E-state index is 0.305. The highest BCUT2D eigenvalue weighted by molar-refractivity contribution is 5.95. The third kappa shape index (κ3) is 3.87. The molecule has 3 heterocycles. The third-order valence-electron chi connectivity index (χ3n) is 6.15. The zero-order chi connectivity index (χ0) is 22.1. The summed E-state index contributed by atoms with van der Waals surface area (Å²) in [5.74, 6) is 1.29. The van der Waals surface area contributed by atoms with E-state index in [1.807, 2.05) is 37.5 Å². The molecule has 7 heteroatoms. The molecular weight excluding hydrogens is 400 g/mol. The van der Waals surface area contributed by atoms with Gasteiger partial charge in [-0.15, -0.1) is 0 Å². The first-order valence-electron chi connectivity index (χ1n) is 11.0. The van der Waals surface area contributed by atoms with Crippen LogP contribution in [0.1, 0.15) is 18.4 Å². The first-order chi connectivity index (χ1) is 15.6. The number of ether oxygens (including phenoxy) is 1. The number of aromatic nitrogens is 3. The second kappa shape index (κ2) is 8.51. The number of fused-ring (bicyclic) bond motifs is 1. The zero-order valence-electron chi connectivity index (χ0n) is 18.4. The van der Waals surface area contributed by atoms with E-state index in [0.717, 1.165) is 70.8 Å². The summed E-state index contributed by atoms with van der Waals surface area (Å²) in [6.45, 7) is 3.96. The van der Waals surface area contributed by atoms with Crippen molar-refractivity contribution in [1.82, 2.24) is 15.0 Å². The van der Waals surface area contributed by atoms with Gasteiger partial charge in [0.2, 0.25) is 5.95 Å². The zero-order valence-corrected chi connectivity index (χ0v) is 18.4. The molecule has 1 aliphatic heterocycles. The lowest BCUT2D eigenvalue weighted by atomic mass is 10.1. The van der Waals surface area contributed by atoms with Crippen molar-refractivity contribution < 1.29 is 4.74 Å². The van der Waals surface area contributed by atoms with E-state index in [2.05, 4.69) is 44.5 Å². The third-order valence-corrected chi connectivity index (χ3v) is 6.15. The van der Waals surface area contributed by atoms with Crippen LogP contribution < -0.4 is 20.7 Å². The van der Waals surface area contributed by atoms with Crippen molar-refractivity contribution in [1.29, 1.82) is 0 Å². The molecule has 0 aliphatic carbocycles. The van der Waals surface area contributed by atoms with Crippen LogP contribution in [-0.2, 0) is 0 Å². The maximum absolute atomic E-state index is 6.05. The molecular formula is C25H28N6O. The molecule has 7 nitrogen and oxygen atoms in total. The highest BCUT2D eigenvalue weighted by atomic mass is 16.5. The van der Waals surface area contributed by atoms with E-state index >= 15 is 0 Å². The lowest BCUT2D eigenvalue weighted by molar-refractivity contribution is 0.416. The molecule has 0 spiro atoms. The fraction of sp³-hybridized carbons (Fsp3) is 0.280. The Morgan fingerprint density at radius 2 is 1.97 bits per heavy atom. The number of para-hydroxylation sites is 1. The van der Waals surface area contributed by atoms with Crippen molar-refractivity contribution in [3.8, 4) is 17.0 Å². The molecule has 32 heavy (non-hydrogen) atoms. The number of nitrogens with one attached hydrogen (secondary N) is 2. The van der Waals surface area contributed by atoms with Crippen molar-refractivity contribution in [2.75, 3.05) is 30.4 Å². The summed E-state index contributed by atoms with van der Waals surface area (Å²) in [5.41, 5.74) is 12.1. The molecule has 0 amide bonds. The Kier molecular flexibility index (Phi) is 5.41. The summed E-state index contributed by atoms with van der Waals surface area (Å²) in [4.78, 5) is 15.0. The van der Waals surface area contributed by atoms with Gasteiger partial charge < -0.3 is 25.7 Å². The van der Waals surface area contributed by atoms with Gasteiger partial charge in [-0.1, -0.05) is 18.2 Å². The van der Waals surface area contributed by atoms with Crippen LogP contribution in [0.15, 0.2) is 54.9 Å². The summed E-state index contributed by atoms with van der Waals surface area (Å²) in [6, 6.07) is 14.7. The number of hydrogen-bond acceptors (Lipinski definition) is 6. The first kappa shape index (κ1) is 20.3. The highest BCUT2D eigenvalue weighted by Crippen LogP contribution is 2.34. The largest absolute Gasteiger partial charge is 0.494 e. The Bertz CT molecular complexity index is 1240. The Balaban J connectivity index is 1.43. The fourth-order valence-corrected chi connectivity index (χ4v) is 4.30. The molecule has 0 saturated carbocycles. The quantitative estimate of drug-likeness (QED) is 0.430. The Morgan fingerprint density at radius 1 is 1.16 bits per heavy atom. The van der Waals surface area contributed by atoms with Gasteiger partial charge in [-0.05, 0) is 43.5 Å².